The number of carbonyl (C=O) groups is 1. The summed E-state index contributed by atoms with van der Waals surface area (Å²) in [6, 6.07) is 15.2. The SMILES string of the molecule is COc1ccc(/C=C2\C=C(c3ccc(Cl)cc3)N(c3ccc(F)cc3F)C2=O)cc1OC. The van der Waals surface area contributed by atoms with E-state index >= 15 is 0 Å². The highest BCUT2D eigenvalue weighted by atomic mass is 35.5. The van der Waals surface area contributed by atoms with Gasteiger partial charge in [0.2, 0.25) is 0 Å². The quantitative estimate of drug-likeness (QED) is 0.438. The Morgan fingerprint density at radius 3 is 2.28 bits per heavy atom. The number of ether oxygens (including phenoxy) is 2. The first-order valence-corrected chi connectivity index (χ1v) is 10.00. The van der Waals surface area contributed by atoms with E-state index in [1.807, 2.05) is 0 Å². The van der Waals surface area contributed by atoms with Crippen molar-refractivity contribution < 1.29 is 23.0 Å². The van der Waals surface area contributed by atoms with Crippen LogP contribution in [0.1, 0.15) is 11.1 Å². The highest BCUT2D eigenvalue weighted by Crippen LogP contribution is 2.37. The van der Waals surface area contributed by atoms with Crippen molar-refractivity contribution in [1.82, 2.24) is 0 Å². The summed E-state index contributed by atoms with van der Waals surface area (Å²) in [5, 5.41) is 0.527. The minimum atomic E-state index is -0.842. The molecular weight excluding hydrogens is 436 g/mol. The number of nitrogens with zero attached hydrogens (tertiary/aromatic N) is 1. The minimum Gasteiger partial charge on any atom is -0.493 e. The molecule has 0 aromatic heterocycles. The Kier molecular flexibility index (Phi) is 5.97. The van der Waals surface area contributed by atoms with Gasteiger partial charge in [0.05, 0.1) is 25.6 Å². The van der Waals surface area contributed by atoms with Crippen LogP contribution in [0.5, 0.6) is 11.5 Å². The van der Waals surface area contributed by atoms with Crippen LogP contribution in [-0.2, 0) is 4.79 Å². The standard InChI is InChI=1S/C25H18ClF2NO3/c1-31-23-10-3-15(12-24(23)32-2)11-17-13-22(16-4-6-18(26)7-5-16)29(25(17)30)21-9-8-19(27)14-20(21)28/h3-14H,1-2H3/b17-11+. The van der Waals surface area contributed by atoms with E-state index in [4.69, 9.17) is 21.1 Å². The van der Waals surface area contributed by atoms with E-state index < -0.39 is 17.5 Å². The lowest BCUT2D eigenvalue weighted by Gasteiger charge is -2.21. The maximum atomic E-state index is 14.6. The van der Waals surface area contributed by atoms with E-state index in [9.17, 15) is 13.6 Å². The van der Waals surface area contributed by atoms with Gasteiger partial charge >= 0.3 is 0 Å². The van der Waals surface area contributed by atoms with Gasteiger partial charge in [-0.3, -0.25) is 9.69 Å². The van der Waals surface area contributed by atoms with Crippen molar-refractivity contribution in [3.63, 3.8) is 0 Å². The van der Waals surface area contributed by atoms with Crippen molar-refractivity contribution in [2.75, 3.05) is 19.1 Å². The van der Waals surface area contributed by atoms with E-state index in [0.29, 0.717) is 38.9 Å². The zero-order valence-electron chi connectivity index (χ0n) is 17.2. The van der Waals surface area contributed by atoms with Gasteiger partial charge in [-0.05, 0) is 59.7 Å². The van der Waals surface area contributed by atoms with Gasteiger partial charge in [-0.15, -0.1) is 0 Å². The van der Waals surface area contributed by atoms with Crippen LogP contribution in [0.4, 0.5) is 14.5 Å². The number of hydrogen-bond acceptors (Lipinski definition) is 3. The van der Waals surface area contributed by atoms with Crippen LogP contribution < -0.4 is 14.4 Å². The summed E-state index contributed by atoms with van der Waals surface area (Å²) in [6.45, 7) is 0. The Balaban J connectivity index is 1.83. The molecule has 1 heterocycles. The van der Waals surface area contributed by atoms with Crippen LogP contribution in [0.15, 0.2) is 72.3 Å². The van der Waals surface area contributed by atoms with Crippen LogP contribution in [-0.4, -0.2) is 20.1 Å². The summed E-state index contributed by atoms with van der Waals surface area (Å²) < 4.78 is 38.7. The summed E-state index contributed by atoms with van der Waals surface area (Å²) in [7, 11) is 3.06. The lowest BCUT2D eigenvalue weighted by molar-refractivity contribution is -0.113. The Bertz CT molecular complexity index is 1250. The van der Waals surface area contributed by atoms with Crippen LogP contribution in [0.25, 0.3) is 11.8 Å². The van der Waals surface area contributed by atoms with E-state index in [2.05, 4.69) is 0 Å². The third-order valence-electron chi connectivity index (χ3n) is 5.00. The van der Waals surface area contributed by atoms with E-state index in [1.165, 1.54) is 25.2 Å². The zero-order valence-corrected chi connectivity index (χ0v) is 18.0. The molecule has 0 saturated carbocycles. The van der Waals surface area contributed by atoms with Crippen LogP contribution in [0.2, 0.25) is 5.02 Å². The molecule has 162 valence electrons. The largest absolute Gasteiger partial charge is 0.493 e. The summed E-state index contributed by atoms with van der Waals surface area (Å²) in [6.07, 6.45) is 3.33. The van der Waals surface area contributed by atoms with Gasteiger partial charge in [-0.1, -0.05) is 29.8 Å². The molecule has 4 nitrogen and oxygen atoms in total. The predicted octanol–water partition coefficient (Wildman–Crippen LogP) is 6.11. The maximum absolute atomic E-state index is 14.6. The number of amides is 1. The lowest BCUT2D eigenvalue weighted by atomic mass is 10.1. The van der Waals surface area contributed by atoms with Crippen molar-refractivity contribution in [1.29, 1.82) is 0 Å². The fourth-order valence-electron chi connectivity index (χ4n) is 3.47. The molecule has 0 spiro atoms. The van der Waals surface area contributed by atoms with Crippen molar-refractivity contribution in [2.45, 2.75) is 0 Å². The molecule has 0 aliphatic carbocycles. The van der Waals surface area contributed by atoms with Crippen molar-refractivity contribution in [3.8, 4) is 11.5 Å². The summed E-state index contributed by atoms with van der Waals surface area (Å²) in [5.74, 6) is -0.952. The monoisotopic (exact) mass is 453 g/mol. The van der Waals surface area contributed by atoms with Crippen LogP contribution >= 0.6 is 11.6 Å². The Hall–Kier alpha value is -3.64. The summed E-state index contributed by atoms with van der Waals surface area (Å²) in [5.41, 5.74) is 2.07. The number of halogens is 3. The Morgan fingerprint density at radius 1 is 0.906 bits per heavy atom. The molecule has 0 bridgehead atoms. The molecule has 0 unspecified atom stereocenters. The second-order valence-corrected chi connectivity index (χ2v) is 7.42. The number of rotatable bonds is 5. The first-order valence-electron chi connectivity index (χ1n) is 9.62. The van der Waals surface area contributed by atoms with Gasteiger partial charge in [0.1, 0.15) is 11.6 Å². The molecule has 0 atom stereocenters. The van der Waals surface area contributed by atoms with Gasteiger partial charge in [0.25, 0.3) is 5.91 Å². The zero-order chi connectivity index (χ0) is 22.8. The van der Waals surface area contributed by atoms with Crippen LogP contribution in [0.3, 0.4) is 0 Å². The molecule has 0 saturated heterocycles. The summed E-state index contributed by atoms with van der Waals surface area (Å²) in [4.78, 5) is 14.6. The lowest BCUT2D eigenvalue weighted by Crippen LogP contribution is -2.26. The van der Waals surface area contributed by atoms with Gasteiger partial charge in [-0.25, -0.2) is 8.78 Å². The van der Waals surface area contributed by atoms with Gasteiger partial charge in [0, 0.05) is 16.7 Å². The number of hydrogen-bond donors (Lipinski definition) is 0. The fraction of sp³-hybridized carbons (Fsp3) is 0.0800. The van der Waals surface area contributed by atoms with Gasteiger partial charge in [-0.2, -0.15) is 0 Å². The number of carbonyl (C=O) groups excluding carboxylic acids is 1. The topological polar surface area (TPSA) is 38.8 Å². The maximum Gasteiger partial charge on any atom is 0.263 e. The van der Waals surface area contributed by atoms with Crippen molar-refractivity contribution in [3.05, 3.63) is 100 Å². The molecule has 3 aromatic rings. The van der Waals surface area contributed by atoms with E-state index in [0.717, 1.165) is 12.1 Å². The van der Waals surface area contributed by atoms with Crippen LogP contribution in [0, 0.1) is 11.6 Å². The molecule has 0 fully saturated rings. The average molecular weight is 454 g/mol. The second-order valence-electron chi connectivity index (χ2n) is 6.99. The van der Waals surface area contributed by atoms with Gasteiger partial charge in [0.15, 0.2) is 11.5 Å². The smallest absolute Gasteiger partial charge is 0.263 e. The molecule has 32 heavy (non-hydrogen) atoms. The number of methoxy groups -OCH3 is 2. The van der Waals surface area contributed by atoms with E-state index in [1.54, 1.807) is 54.6 Å². The number of anilines is 1. The highest BCUT2D eigenvalue weighted by molar-refractivity contribution is 6.30. The van der Waals surface area contributed by atoms with Gasteiger partial charge < -0.3 is 9.47 Å². The predicted molar refractivity (Wildman–Crippen MR) is 121 cm³/mol. The molecule has 1 aliphatic rings. The van der Waals surface area contributed by atoms with Crippen molar-refractivity contribution >= 4 is 35.0 Å². The third kappa shape index (κ3) is 4.09. The normalized spacial score (nSPS) is 14.7. The van der Waals surface area contributed by atoms with E-state index in [-0.39, 0.29) is 5.69 Å². The number of benzene rings is 3. The fourth-order valence-corrected chi connectivity index (χ4v) is 3.60. The summed E-state index contributed by atoms with van der Waals surface area (Å²) >= 11 is 6.00. The molecule has 0 radical (unpaired) electrons. The molecule has 4 rings (SSSR count). The molecule has 1 amide bonds. The minimum absolute atomic E-state index is 0.0479. The second kappa shape index (κ2) is 8.85. The highest BCUT2D eigenvalue weighted by Gasteiger charge is 2.32. The molecule has 1 aliphatic heterocycles. The Morgan fingerprint density at radius 2 is 1.62 bits per heavy atom. The average Bonchev–Trinajstić information content (AvgIpc) is 3.10. The third-order valence-corrected chi connectivity index (χ3v) is 5.26. The molecule has 3 aromatic carbocycles. The first kappa shape index (κ1) is 21.6. The Labute approximate surface area is 188 Å². The molecule has 0 N–H and O–H groups in total. The van der Waals surface area contributed by atoms with Crippen molar-refractivity contribution in [2.24, 2.45) is 0 Å². The molecule has 7 heteroatoms. The molecular formula is C25H18ClF2NO3. The first-order chi connectivity index (χ1) is 15.4.